The average Bonchev–Trinajstić information content (AvgIpc) is 2.28. The molecule has 0 spiro atoms. The fourth-order valence-corrected chi connectivity index (χ4v) is 1.89. The summed E-state index contributed by atoms with van der Waals surface area (Å²) in [5, 5.41) is 11.5. The topological polar surface area (TPSA) is 50.2 Å². The molecule has 0 radical (unpaired) electrons. The van der Waals surface area contributed by atoms with Crippen molar-refractivity contribution in [2.45, 2.75) is 25.9 Å². The summed E-state index contributed by atoms with van der Waals surface area (Å²) in [4.78, 5) is 15.7. The fourth-order valence-electron chi connectivity index (χ4n) is 1.71. The van der Waals surface area contributed by atoms with E-state index in [9.17, 15) is 9.90 Å². The number of ketones is 1. The van der Waals surface area contributed by atoms with E-state index in [1.165, 1.54) is 13.8 Å². The van der Waals surface area contributed by atoms with Gasteiger partial charge >= 0.3 is 0 Å². The van der Waals surface area contributed by atoms with Crippen LogP contribution in [0.4, 0.5) is 0 Å². The van der Waals surface area contributed by atoms with E-state index in [1.807, 2.05) is 18.2 Å². The van der Waals surface area contributed by atoms with Crippen molar-refractivity contribution in [2.75, 3.05) is 0 Å². The van der Waals surface area contributed by atoms with Gasteiger partial charge in [0.2, 0.25) is 0 Å². The van der Waals surface area contributed by atoms with Crippen LogP contribution >= 0.6 is 11.6 Å². The maximum atomic E-state index is 11.3. The fraction of sp³-hybridized carbons (Fsp3) is 0.286. The predicted molar refractivity (Wildman–Crippen MR) is 71.8 cm³/mol. The normalized spacial score (nSPS) is 14.4. The van der Waals surface area contributed by atoms with Crippen molar-refractivity contribution >= 4 is 28.3 Å². The van der Waals surface area contributed by atoms with Gasteiger partial charge < -0.3 is 5.11 Å². The molecule has 0 saturated carbocycles. The smallest absolute Gasteiger partial charge is 0.161 e. The highest BCUT2D eigenvalue weighted by atomic mass is 35.5. The molecule has 3 nitrogen and oxygen atoms in total. The molecule has 0 fully saturated rings. The summed E-state index contributed by atoms with van der Waals surface area (Å²) in [7, 11) is 0. The number of aliphatic hydroxyl groups is 1. The SMILES string of the molecule is CC(=O)C(C)(O)Cc1ccc2cc(Cl)ccc2n1. The Bertz CT molecular complexity index is 608. The molecular formula is C14H14ClNO2. The predicted octanol–water partition coefficient (Wildman–Crippen LogP) is 2.77. The second-order valence-corrected chi connectivity index (χ2v) is 5.08. The molecule has 0 saturated heterocycles. The highest BCUT2D eigenvalue weighted by molar-refractivity contribution is 6.31. The first-order valence-corrected chi connectivity index (χ1v) is 6.05. The van der Waals surface area contributed by atoms with Gasteiger partial charge in [-0.1, -0.05) is 17.7 Å². The highest BCUT2D eigenvalue weighted by Gasteiger charge is 2.27. The molecule has 1 aromatic carbocycles. The molecule has 1 heterocycles. The zero-order valence-corrected chi connectivity index (χ0v) is 11.0. The van der Waals surface area contributed by atoms with E-state index in [-0.39, 0.29) is 12.2 Å². The number of carbonyl (C=O) groups excluding carboxylic acids is 1. The van der Waals surface area contributed by atoms with Crippen LogP contribution in [0.1, 0.15) is 19.5 Å². The van der Waals surface area contributed by atoms with Crippen LogP contribution in [-0.4, -0.2) is 21.5 Å². The Kier molecular flexibility index (Phi) is 3.37. The van der Waals surface area contributed by atoms with Crippen LogP contribution in [0.25, 0.3) is 10.9 Å². The molecule has 1 aromatic heterocycles. The summed E-state index contributed by atoms with van der Waals surface area (Å²) >= 11 is 5.89. The maximum Gasteiger partial charge on any atom is 0.161 e. The summed E-state index contributed by atoms with van der Waals surface area (Å²) in [6.45, 7) is 2.88. The van der Waals surface area contributed by atoms with Gasteiger partial charge in [-0.05, 0) is 38.1 Å². The second-order valence-electron chi connectivity index (χ2n) is 4.65. The Hall–Kier alpha value is -1.45. The van der Waals surface area contributed by atoms with Crippen LogP contribution in [0.5, 0.6) is 0 Å². The van der Waals surface area contributed by atoms with Crippen LogP contribution in [0.3, 0.4) is 0 Å². The Morgan fingerprint density at radius 2 is 2.11 bits per heavy atom. The number of pyridine rings is 1. The van der Waals surface area contributed by atoms with E-state index in [0.717, 1.165) is 10.9 Å². The van der Waals surface area contributed by atoms with E-state index in [4.69, 9.17) is 11.6 Å². The number of rotatable bonds is 3. The van der Waals surface area contributed by atoms with E-state index in [2.05, 4.69) is 4.98 Å². The molecular weight excluding hydrogens is 250 g/mol. The van der Waals surface area contributed by atoms with Crippen LogP contribution in [0.15, 0.2) is 30.3 Å². The molecule has 0 bridgehead atoms. The summed E-state index contributed by atoms with van der Waals surface area (Å²) in [6, 6.07) is 9.11. The molecule has 0 aliphatic rings. The summed E-state index contributed by atoms with van der Waals surface area (Å²) in [5.41, 5.74) is 0.119. The third-order valence-electron chi connectivity index (χ3n) is 2.99. The number of fused-ring (bicyclic) bond motifs is 1. The van der Waals surface area contributed by atoms with Crippen LogP contribution in [-0.2, 0) is 11.2 Å². The first kappa shape index (κ1) is 13.0. The highest BCUT2D eigenvalue weighted by Crippen LogP contribution is 2.20. The lowest BCUT2D eigenvalue weighted by Gasteiger charge is -2.19. The van der Waals surface area contributed by atoms with Crippen LogP contribution in [0, 0.1) is 0 Å². The number of benzene rings is 1. The molecule has 0 amide bonds. The molecule has 0 aliphatic carbocycles. The lowest BCUT2D eigenvalue weighted by molar-refractivity contribution is -0.133. The molecule has 94 valence electrons. The zero-order valence-electron chi connectivity index (χ0n) is 10.3. The third kappa shape index (κ3) is 2.68. The Morgan fingerprint density at radius 1 is 1.39 bits per heavy atom. The van der Waals surface area contributed by atoms with E-state index >= 15 is 0 Å². The third-order valence-corrected chi connectivity index (χ3v) is 3.23. The number of hydrogen-bond acceptors (Lipinski definition) is 3. The second kappa shape index (κ2) is 4.67. The molecule has 4 heteroatoms. The van der Waals surface area contributed by atoms with Crippen molar-refractivity contribution < 1.29 is 9.90 Å². The van der Waals surface area contributed by atoms with Crippen molar-refractivity contribution in [1.29, 1.82) is 0 Å². The first-order valence-electron chi connectivity index (χ1n) is 5.67. The van der Waals surface area contributed by atoms with Gasteiger partial charge in [-0.3, -0.25) is 9.78 Å². The minimum Gasteiger partial charge on any atom is -0.382 e. The number of carbonyl (C=O) groups is 1. The average molecular weight is 264 g/mol. The van der Waals surface area contributed by atoms with Gasteiger partial charge in [-0.2, -0.15) is 0 Å². The molecule has 18 heavy (non-hydrogen) atoms. The number of aromatic nitrogens is 1. The zero-order chi connectivity index (χ0) is 13.3. The molecule has 1 unspecified atom stereocenters. The minimum absolute atomic E-state index is 0.209. The van der Waals surface area contributed by atoms with Crippen LogP contribution < -0.4 is 0 Å². The van der Waals surface area contributed by atoms with Crippen molar-refractivity contribution in [1.82, 2.24) is 4.98 Å². The monoisotopic (exact) mass is 263 g/mol. The van der Waals surface area contributed by atoms with Crippen LogP contribution in [0.2, 0.25) is 5.02 Å². The molecule has 2 rings (SSSR count). The Balaban J connectivity index is 2.36. The minimum atomic E-state index is -1.37. The van der Waals surface area contributed by atoms with E-state index in [1.54, 1.807) is 12.1 Å². The molecule has 0 aliphatic heterocycles. The number of nitrogens with zero attached hydrogens (tertiary/aromatic N) is 1. The molecule has 1 atom stereocenters. The molecule has 1 N–H and O–H groups in total. The number of halogens is 1. The standard InChI is InChI=1S/C14H14ClNO2/c1-9(17)14(2,18)8-12-5-3-10-7-11(15)4-6-13(10)16-12/h3-7,18H,8H2,1-2H3. The van der Waals surface area contributed by atoms with Gasteiger partial charge in [0, 0.05) is 22.5 Å². The summed E-state index contributed by atoms with van der Waals surface area (Å²) in [6.07, 6.45) is 0.209. The Labute approximate surface area is 110 Å². The Morgan fingerprint density at radius 3 is 2.78 bits per heavy atom. The number of Topliss-reactive ketones (excluding diaryl/α,β-unsaturated/α-hetero) is 1. The van der Waals surface area contributed by atoms with Gasteiger partial charge in [0.25, 0.3) is 0 Å². The van der Waals surface area contributed by atoms with Crippen molar-refractivity contribution in [3.05, 3.63) is 41.0 Å². The van der Waals surface area contributed by atoms with E-state index < -0.39 is 5.60 Å². The van der Waals surface area contributed by atoms with Crippen molar-refractivity contribution in [3.63, 3.8) is 0 Å². The largest absolute Gasteiger partial charge is 0.382 e. The maximum absolute atomic E-state index is 11.3. The van der Waals surface area contributed by atoms with E-state index in [0.29, 0.717) is 10.7 Å². The lowest BCUT2D eigenvalue weighted by atomic mass is 9.95. The number of hydrogen-bond donors (Lipinski definition) is 1. The lowest BCUT2D eigenvalue weighted by Crippen LogP contribution is -2.35. The van der Waals surface area contributed by atoms with Gasteiger partial charge in [-0.25, -0.2) is 0 Å². The summed E-state index contributed by atoms with van der Waals surface area (Å²) in [5.74, 6) is -0.263. The van der Waals surface area contributed by atoms with Gasteiger partial charge in [-0.15, -0.1) is 0 Å². The van der Waals surface area contributed by atoms with Gasteiger partial charge in [0.1, 0.15) is 5.60 Å². The van der Waals surface area contributed by atoms with Crippen molar-refractivity contribution in [3.8, 4) is 0 Å². The van der Waals surface area contributed by atoms with Gasteiger partial charge in [0.15, 0.2) is 5.78 Å². The first-order chi connectivity index (χ1) is 8.38. The van der Waals surface area contributed by atoms with Gasteiger partial charge in [0.05, 0.1) is 5.52 Å². The molecule has 2 aromatic rings. The van der Waals surface area contributed by atoms with Crippen molar-refractivity contribution in [2.24, 2.45) is 0 Å². The quantitative estimate of drug-likeness (QED) is 0.926. The summed E-state index contributed by atoms with van der Waals surface area (Å²) < 4.78 is 0.